The van der Waals surface area contributed by atoms with Gasteiger partial charge in [0, 0.05) is 18.0 Å². The predicted octanol–water partition coefficient (Wildman–Crippen LogP) is 3.62. The largest absolute Gasteiger partial charge is 0.351 e. The van der Waals surface area contributed by atoms with Crippen LogP contribution in [0, 0.1) is 11.6 Å². The minimum absolute atomic E-state index is 0.153. The van der Waals surface area contributed by atoms with Crippen molar-refractivity contribution in [3.05, 3.63) is 75.7 Å². The Morgan fingerprint density at radius 3 is 2.55 bits per heavy atom. The Bertz CT molecular complexity index is 1010. The number of nitrogens with zero attached hydrogens (tertiary/aromatic N) is 2. The van der Waals surface area contributed by atoms with Crippen LogP contribution < -0.4 is 10.6 Å². The third-order valence-corrected chi connectivity index (χ3v) is 5.63. The molecule has 3 aromatic rings. The summed E-state index contributed by atoms with van der Waals surface area (Å²) in [7, 11) is 0. The number of halogens is 2. The number of hydrogen-bond donors (Lipinski definition) is 2. The lowest BCUT2D eigenvalue weighted by Gasteiger charge is -2.05. The third kappa shape index (κ3) is 6.61. The van der Waals surface area contributed by atoms with Crippen molar-refractivity contribution in [3.63, 3.8) is 0 Å². The molecule has 0 aliphatic carbocycles. The highest BCUT2D eigenvalue weighted by molar-refractivity contribution is 7.99. The number of carbonyl (C=O) groups is 2. The number of carbonyl (C=O) groups excluding carboxylic acids is 2. The molecule has 0 aliphatic heterocycles. The number of hydrogen-bond acceptors (Lipinski definition) is 6. The predicted molar refractivity (Wildman–Crippen MR) is 109 cm³/mol. The van der Waals surface area contributed by atoms with Crippen LogP contribution in [0.15, 0.2) is 48.5 Å². The molecular formula is C19H16F2N4O2S2. The van der Waals surface area contributed by atoms with Crippen LogP contribution in [0.4, 0.5) is 14.5 Å². The number of thioether (sulfide) groups is 1. The van der Waals surface area contributed by atoms with Gasteiger partial charge in [0.2, 0.25) is 10.9 Å². The van der Waals surface area contributed by atoms with Crippen LogP contribution in [-0.4, -0.2) is 27.8 Å². The van der Waals surface area contributed by atoms with Crippen molar-refractivity contribution in [2.45, 2.75) is 12.3 Å². The molecule has 0 fully saturated rings. The van der Waals surface area contributed by atoms with E-state index in [1.54, 1.807) is 18.2 Å². The standard InChI is InChI=1S/C19H16F2N4O2S2/c20-13-4-1-3-12(7-13)9-22-16(26)10-28-11-17-24-25-19(29-17)18(27)23-15-6-2-5-14(21)8-15/h1-8H,9-11H2,(H,22,26)(H,23,27). The second-order valence-corrected chi connectivity index (χ2v) is 7.91. The summed E-state index contributed by atoms with van der Waals surface area (Å²) in [6.07, 6.45) is 0. The number of nitrogens with one attached hydrogen (secondary N) is 2. The molecule has 10 heteroatoms. The van der Waals surface area contributed by atoms with E-state index in [9.17, 15) is 18.4 Å². The molecule has 0 spiro atoms. The van der Waals surface area contributed by atoms with Gasteiger partial charge in [0.15, 0.2) is 0 Å². The van der Waals surface area contributed by atoms with E-state index in [0.717, 1.165) is 11.3 Å². The first-order valence-electron chi connectivity index (χ1n) is 8.48. The summed E-state index contributed by atoms with van der Waals surface area (Å²) in [6.45, 7) is 0.250. The van der Waals surface area contributed by atoms with Crippen molar-refractivity contribution < 1.29 is 18.4 Å². The zero-order chi connectivity index (χ0) is 20.6. The first-order chi connectivity index (χ1) is 14.0. The van der Waals surface area contributed by atoms with E-state index in [-0.39, 0.29) is 29.0 Å². The van der Waals surface area contributed by atoms with E-state index in [4.69, 9.17) is 0 Å². The highest BCUT2D eigenvalue weighted by Crippen LogP contribution is 2.18. The van der Waals surface area contributed by atoms with E-state index < -0.39 is 11.7 Å². The molecule has 6 nitrogen and oxygen atoms in total. The van der Waals surface area contributed by atoms with Gasteiger partial charge >= 0.3 is 0 Å². The molecule has 0 aliphatic rings. The van der Waals surface area contributed by atoms with Crippen LogP contribution in [-0.2, 0) is 17.1 Å². The van der Waals surface area contributed by atoms with E-state index in [1.165, 1.54) is 42.1 Å². The summed E-state index contributed by atoms with van der Waals surface area (Å²) < 4.78 is 26.3. The fourth-order valence-electron chi connectivity index (χ4n) is 2.28. The zero-order valence-electron chi connectivity index (χ0n) is 15.0. The van der Waals surface area contributed by atoms with Crippen LogP contribution in [0.5, 0.6) is 0 Å². The number of rotatable bonds is 8. The SMILES string of the molecule is O=C(CSCc1nnc(C(=O)Nc2cccc(F)c2)s1)NCc1cccc(F)c1. The molecule has 2 aromatic carbocycles. The van der Waals surface area contributed by atoms with Crippen molar-refractivity contribution in [1.29, 1.82) is 0 Å². The molecule has 1 aromatic heterocycles. The summed E-state index contributed by atoms with van der Waals surface area (Å²) in [5, 5.41) is 13.8. The molecule has 3 rings (SSSR count). The average Bonchev–Trinajstić information content (AvgIpc) is 3.16. The molecule has 0 bridgehead atoms. The minimum atomic E-state index is -0.475. The number of aromatic nitrogens is 2. The monoisotopic (exact) mass is 434 g/mol. The second kappa shape index (κ2) is 10.1. The molecule has 0 saturated heterocycles. The van der Waals surface area contributed by atoms with Gasteiger partial charge in [0.05, 0.1) is 5.75 Å². The van der Waals surface area contributed by atoms with Gasteiger partial charge in [0.25, 0.3) is 5.91 Å². The average molecular weight is 434 g/mol. The van der Waals surface area contributed by atoms with Gasteiger partial charge in [-0.15, -0.1) is 22.0 Å². The summed E-state index contributed by atoms with van der Waals surface area (Å²) >= 11 is 2.43. The summed E-state index contributed by atoms with van der Waals surface area (Å²) in [5.41, 5.74) is 1.01. The zero-order valence-corrected chi connectivity index (χ0v) is 16.7. The van der Waals surface area contributed by atoms with Crippen LogP contribution >= 0.6 is 23.1 Å². The van der Waals surface area contributed by atoms with Crippen molar-refractivity contribution in [2.24, 2.45) is 0 Å². The van der Waals surface area contributed by atoms with Gasteiger partial charge in [0.1, 0.15) is 16.6 Å². The molecule has 1 heterocycles. The maximum Gasteiger partial charge on any atom is 0.286 e. The van der Waals surface area contributed by atoms with Crippen LogP contribution in [0.3, 0.4) is 0 Å². The maximum atomic E-state index is 13.2. The van der Waals surface area contributed by atoms with Crippen molar-refractivity contribution >= 4 is 40.6 Å². The molecular weight excluding hydrogens is 418 g/mol. The Kier molecular flexibility index (Phi) is 7.25. The van der Waals surface area contributed by atoms with Crippen LogP contribution in [0.2, 0.25) is 0 Å². The van der Waals surface area contributed by atoms with Crippen molar-refractivity contribution in [3.8, 4) is 0 Å². The van der Waals surface area contributed by atoms with E-state index in [2.05, 4.69) is 20.8 Å². The third-order valence-electron chi connectivity index (χ3n) is 3.58. The fraction of sp³-hybridized carbons (Fsp3) is 0.158. The molecule has 150 valence electrons. The highest BCUT2D eigenvalue weighted by atomic mass is 32.2. The van der Waals surface area contributed by atoms with Gasteiger partial charge in [-0.3, -0.25) is 9.59 Å². The first kappa shape index (κ1) is 20.9. The Balaban J connectivity index is 1.41. The summed E-state index contributed by atoms with van der Waals surface area (Å²) in [6, 6.07) is 11.6. The molecule has 0 radical (unpaired) electrons. The van der Waals surface area contributed by atoms with Gasteiger partial charge in [-0.05, 0) is 35.9 Å². The quantitative estimate of drug-likeness (QED) is 0.566. The fourth-order valence-corrected chi connectivity index (χ4v) is 3.92. The minimum Gasteiger partial charge on any atom is -0.351 e. The van der Waals surface area contributed by atoms with Crippen molar-refractivity contribution in [1.82, 2.24) is 15.5 Å². The Morgan fingerprint density at radius 1 is 1.03 bits per heavy atom. The Hall–Kier alpha value is -2.85. The van der Waals surface area contributed by atoms with Crippen LogP contribution in [0.25, 0.3) is 0 Å². The van der Waals surface area contributed by atoms with Crippen LogP contribution in [0.1, 0.15) is 20.4 Å². The van der Waals surface area contributed by atoms with Gasteiger partial charge in [-0.1, -0.05) is 29.5 Å². The Morgan fingerprint density at radius 2 is 1.79 bits per heavy atom. The van der Waals surface area contributed by atoms with Gasteiger partial charge in [-0.2, -0.15) is 0 Å². The summed E-state index contributed by atoms with van der Waals surface area (Å²) in [4.78, 5) is 24.0. The van der Waals surface area contributed by atoms with Gasteiger partial charge < -0.3 is 10.6 Å². The first-order valence-corrected chi connectivity index (χ1v) is 10.4. The second-order valence-electron chi connectivity index (χ2n) is 5.86. The maximum absolute atomic E-state index is 13.2. The number of anilines is 1. The molecule has 0 saturated carbocycles. The normalized spacial score (nSPS) is 10.6. The molecule has 0 unspecified atom stereocenters. The molecule has 2 amide bonds. The summed E-state index contributed by atoms with van der Waals surface area (Å²) in [5.74, 6) is -0.852. The lowest BCUT2D eigenvalue weighted by molar-refractivity contribution is -0.118. The Labute approximate surface area is 173 Å². The topological polar surface area (TPSA) is 84.0 Å². The van der Waals surface area contributed by atoms with Crippen molar-refractivity contribution in [2.75, 3.05) is 11.1 Å². The molecule has 2 N–H and O–H groups in total. The van der Waals surface area contributed by atoms with E-state index in [0.29, 0.717) is 22.0 Å². The van der Waals surface area contributed by atoms with E-state index >= 15 is 0 Å². The highest BCUT2D eigenvalue weighted by Gasteiger charge is 2.14. The number of benzene rings is 2. The smallest absolute Gasteiger partial charge is 0.286 e. The van der Waals surface area contributed by atoms with E-state index in [1.807, 2.05) is 0 Å². The lowest BCUT2D eigenvalue weighted by Crippen LogP contribution is -2.24. The molecule has 29 heavy (non-hydrogen) atoms. The lowest BCUT2D eigenvalue weighted by atomic mass is 10.2. The molecule has 0 atom stereocenters. The number of amides is 2. The van der Waals surface area contributed by atoms with Gasteiger partial charge in [-0.25, -0.2) is 8.78 Å².